The Hall–Kier alpha value is -1.62. The summed E-state index contributed by atoms with van der Waals surface area (Å²) in [4.78, 5) is 14.4. The number of likely N-dealkylation sites (N-methyl/N-ethyl adjacent to an activating group) is 1. The van der Waals surface area contributed by atoms with E-state index in [1.165, 1.54) is 12.8 Å². The molecule has 1 saturated heterocycles. The Morgan fingerprint density at radius 3 is 3.29 bits per heavy atom. The number of nitrogens with one attached hydrogen (secondary N) is 2. The van der Waals surface area contributed by atoms with Gasteiger partial charge in [0.2, 0.25) is 5.95 Å². The molecule has 0 aromatic carbocycles. The molecule has 90 valence electrons. The molecule has 0 saturated carbocycles. The fraction of sp³-hybridized carbons (Fsp3) is 0.500. The van der Waals surface area contributed by atoms with Crippen LogP contribution >= 0.6 is 0 Å². The van der Waals surface area contributed by atoms with Gasteiger partial charge in [-0.3, -0.25) is 0 Å². The molecule has 1 aliphatic heterocycles. The van der Waals surface area contributed by atoms with E-state index in [-0.39, 0.29) is 0 Å². The highest BCUT2D eigenvalue weighted by molar-refractivity contribution is 5.73. The molecule has 0 unspecified atom stereocenters. The molecule has 17 heavy (non-hydrogen) atoms. The predicted octanol–water partition coefficient (Wildman–Crippen LogP) is 1.15. The van der Waals surface area contributed by atoms with Gasteiger partial charge >= 0.3 is 0 Å². The summed E-state index contributed by atoms with van der Waals surface area (Å²) in [7, 11) is 2.02. The van der Waals surface area contributed by atoms with Crippen molar-refractivity contribution < 1.29 is 0 Å². The second-order valence-electron chi connectivity index (χ2n) is 4.51. The number of fused-ring (bicyclic) bond motifs is 1. The maximum absolute atomic E-state index is 4.54. The van der Waals surface area contributed by atoms with Crippen LogP contribution in [-0.2, 0) is 0 Å². The van der Waals surface area contributed by atoms with Crippen LogP contribution in [0.2, 0.25) is 0 Å². The largest absolute Gasteiger partial charge is 0.341 e. The number of aromatic nitrogens is 3. The van der Waals surface area contributed by atoms with E-state index in [9.17, 15) is 0 Å². The van der Waals surface area contributed by atoms with Gasteiger partial charge in [-0.25, -0.2) is 4.98 Å². The lowest BCUT2D eigenvalue weighted by molar-refractivity contribution is 0.446. The summed E-state index contributed by atoms with van der Waals surface area (Å²) in [5.74, 6) is 0.943. The first-order chi connectivity index (χ1) is 8.36. The molecule has 0 amide bonds. The highest BCUT2D eigenvalue weighted by Crippen LogP contribution is 2.19. The quantitative estimate of drug-likeness (QED) is 0.814. The van der Waals surface area contributed by atoms with Crippen LogP contribution < -0.4 is 10.2 Å². The van der Waals surface area contributed by atoms with E-state index < -0.39 is 0 Å². The Balaban J connectivity index is 1.87. The smallest absolute Gasteiger partial charge is 0.205 e. The Bertz CT molecular complexity index is 473. The first-order valence-corrected chi connectivity index (χ1v) is 6.10. The van der Waals surface area contributed by atoms with Crippen molar-refractivity contribution in [1.82, 2.24) is 20.3 Å². The Kier molecular flexibility index (Phi) is 2.68. The van der Waals surface area contributed by atoms with E-state index >= 15 is 0 Å². The van der Waals surface area contributed by atoms with Gasteiger partial charge in [0, 0.05) is 25.3 Å². The van der Waals surface area contributed by atoms with Gasteiger partial charge < -0.3 is 15.2 Å². The molecule has 1 aliphatic rings. The average molecular weight is 231 g/mol. The molecule has 0 radical (unpaired) electrons. The molecule has 3 rings (SSSR count). The number of H-pyrrole nitrogens is 1. The number of anilines is 1. The average Bonchev–Trinajstić information content (AvgIpc) is 2.82. The van der Waals surface area contributed by atoms with Gasteiger partial charge in [0.05, 0.1) is 5.52 Å². The number of pyridine rings is 1. The molecule has 0 bridgehead atoms. The number of rotatable bonds is 2. The van der Waals surface area contributed by atoms with Crippen LogP contribution in [0.15, 0.2) is 18.3 Å². The fourth-order valence-corrected chi connectivity index (χ4v) is 2.39. The predicted molar refractivity (Wildman–Crippen MR) is 68.2 cm³/mol. The van der Waals surface area contributed by atoms with E-state index in [0.29, 0.717) is 6.04 Å². The zero-order valence-electron chi connectivity index (χ0n) is 9.98. The Morgan fingerprint density at radius 2 is 2.47 bits per heavy atom. The molecule has 0 aliphatic carbocycles. The Labute approximate surface area is 100 Å². The van der Waals surface area contributed by atoms with Crippen molar-refractivity contribution in [2.24, 2.45) is 0 Å². The number of piperidine rings is 1. The first kappa shape index (κ1) is 10.5. The number of imidazole rings is 1. The van der Waals surface area contributed by atoms with Crippen LogP contribution in [0.25, 0.3) is 11.2 Å². The van der Waals surface area contributed by atoms with E-state index in [1.54, 1.807) is 6.20 Å². The summed E-state index contributed by atoms with van der Waals surface area (Å²) in [5.41, 5.74) is 1.81. The normalized spacial score (nSPS) is 21.0. The van der Waals surface area contributed by atoms with Crippen LogP contribution in [0.4, 0.5) is 5.95 Å². The number of hydrogen-bond acceptors (Lipinski definition) is 4. The van der Waals surface area contributed by atoms with E-state index in [2.05, 4.69) is 25.2 Å². The number of hydrogen-bond donors (Lipinski definition) is 2. The summed E-state index contributed by atoms with van der Waals surface area (Å²) in [6, 6.07) is 4.50. The maximum Gasteiger partial charge on any atom is 0.205 e. The minimum atomic E-state index is 0.560. The number of aromatic amines is 1. The highest BCUT2D eigenvalue weighted by Gasteiger charge is 2.20. The summed E-state index contributed by atoms with van der Waals surface area (Å²) in [5, 5.41) is 3.34. The summed E-state index contributed by atoms with van der Waals surface area (Å²) < 4.78 is 0. The minimum absolute atomic E-state index is 0.560. The third-order valence-corrected chi connectivity index (χ3v) is 3.37. The molecule has 2 aromatic rings. The van der Waals surface area contributed by atoms with E-state index in [0.717, 1.165) is 30.2 Å². The summed E-state index contributed by atoms with van der Waals surface area (Å²) in [6.45, 7) is 2.08. The van der Waals surface area contributed by atoms with Crippen molar-refractivity contribution in [3.05, 3.63) is 18.3 Å². The monoisotopic (exact) mass is 231 g/mol. The standard InChI is InChI=1S/C12H17N5/c1-13-9-4-3-7-17(8-9)12-15-10-5-2-6-14-11(10)16-12/h2,5-6,9,13H,3-4,7-8H2,1H3,(H,14,15,16)/t9-/m0/s1. The van der Waals surface area contributed by atoms with Crippen molar-refractivity contribution in [3.8, 4) is 0 Å². The lowest BCUT2D eigenvalue weighted by Crippen LogP contribution is -2.44. The Morgan fingerprint density at radius 1 is 1.53 bits per heavy atom. The lowest BCUT2D eigenvalue weighted by atomic mass is 10.1. The van der Waals surface area contributed by atoms with Gasteiger partial charge in [-0.2, -0.15) is 4.98 Å². The van der Waals surface area contributed by atoms with Crippen molar-refractivity contribution in [2.75, 3.05) is 25.0 Å². The molecule has 1 fully saturated rings. The van der Waals surface area contributed by atoms with Gasteiger partial charge in [0.25, 0.3) is 0 Å². The second kappa shape index (κ2) is 4.33. The van der Waals surface area contributed by atoms with Gasteiger partial charge in [-0.05, 0) is 32.0 Å². The zero-order valence-corrected chi connectivity index (χ0v) is 9.98. The molecule has 3 heterocycles. The number of nitrogens with zero attached hydrogens (tertiary/aromatic N) is 3. The molecule has 0 spiro atoms. The van der Waals surface area contributed by atoms with Gasteiger partial charge in [0.1, 0.15) is 0 Å². The van der Waals surface area contributed by atoms with Crippen LogP contribution in [-0.4, -0.2) is 41.1 Å². The first-order valence-electron chi connectivity index (χ1n) is 6.10. The molecule has 1 atom stereocenters. The van der Waals surface area contributed by atoms with Crippen molar-refractivity contribution >= 4 is 17.1 Å². The second-order valence-corrected chi connectivity index (χ2v) is 4.51. The molecular formula is C12H17N5. The van der Waals surface area contributed by atoms with Crippen molar-refractivity contribution in [2.45, 2.75) is 18.9 Å². The SMILES string of the molecule is CN[C@H]1CCCN(c2nc3ncccc3[nH]2)C1. The van der Waals surface area contributed by atoms with Crippen LogP contribution in [0.3, 0.4) is 0 Å². The molecule has 5 nitrogen and oxygen atoms in total. The zero-order chi connectivity index (χ0) is 11.7. The van der Waals surface area contributed by atoms with Crippen LogP contribution in [0.5, 0.6) is 0 Å². The van der Waals surface area contributed by atoms with Gasteiger partial charge in [-0.1, -0.05) is 0 Å². The molecule has 2 N–H and O–H groups in total. The molecule has 2 aromatic heterocycles. The van der Waals surface area contributed by atoms with Gasteiger partial charge in [0.15, 0.2) is 5.65 Å². The highest BCUT2D eigenvalue weighted by atomic mass is 15.3. The third kappa shape index (κ3) is 1.98. The van der Waals surface area contributed by atoms with E-state index in [4.69, 9.17) is 0 Å². The summed E-state index contributed by atoms with van der Waals surface area (Å²) >= 11 is 0. The van der Waals surface area contributed by atoms with E-state index in [1.807, 2.05) is 19.2 Å². The van der Waals surface area contributed by atoms with Crippen molar-refractivity contribution in [3.63, 3.8) is 0 Å². The van der Waals surface area contributed by atoms with Crippen molar-refractivity contribution in [1.29, 1.82) is 0 Å². The fourth-order valence-electron chi connectivity index (χ4n) is 2.39. The molecule has 5 heteroatoms. The topological polar surface area (TPSA) is 56.8 Å². The third-order valence-electron chi connectivity index (χ3n) is 3.37. The molecular weight excluding hydrogens is 214 g/mol. The maximum atomic E-state index is 4.54. The van der Waals surface area contributed by atoms with Crippen LogP contribution in [0, 0.1) is 0 Å². The van der Waals surface area contributed by atoms with Gasteiger partial charge in [-0.15, -0.1) is 0 Å². The lowest BCUT2D eigenvalue weighted by Gasteiger charge is -2.32. The van der Waals surface area contributed by atoms with Crippen LogP contribution in [0.1, 0.15) is 12.8 Å². The summed E-state index contributed by atoms with van der Waals surface area (Å²) in [6.07, 6.45) is 4.22. The minimum Gasteiger partial charge on any atom is -0.341 e.